The van der Waals surface area contributed by atoms with Gasteiger partial charge in [-0.3, -0.25) is 0 Å². The van der Waals surface area contributed by atoms with Crippen LogP contribution in [0.2, 0.25) is 0 Å². The van der Waals surface area contributed by atoms with Crippen LogP contribution in [0.3, 0.4) is 0 Å². The van der Waals surface area contributed by atoms with Crippen LogP contribution >= 0.6 is 7.26 Å². The molecule has 0 amide bonds. The predicted molar refractivity (Wildman–Crippen MR) is 163 cm³/mol. The van der Waals surface area contributed by atoms with Crippen molar-refractivity contribution in [2.45, 2.75) is 32.1 Å². The van der Waals surface area contributed by atoms with Crippen molar-refractivity contribution in [2.24, 2.45) is 0 Å². The molecule has 0 aliphatic rings. The summed E-state index contributed by atoms with van der Waals surface area (Å²) >= 11 is 0. The molecule has 0 bridgehead atoms. The molecule has 0 saturated heterocycles. The van der Waals surface area contributed by atoms with Gasteiger partial charge in [-0.1, -0.05) is 67.1 Å². The van der Waals surface area contributed by atoms with Crippen LogP contribution in [0.15, 0.2) is 109 Å². The molecule has 0 aliphatic carbocycles. The molecule has 0 unspecified atom stereocenters. The lowest BCUT2D eigenvalue weighted by atomic mass is 10.1. The highest BCUT2D eigenvalue weighted by molar-refractivity contribution is 7.95. The molecule has 0 aliphatic heterocycles. The van der Waals surface area contributed by atoms with Crippen LogP contribution in [0.25, 0.3) is 0 Å². The maximum atomic E-state index is 5.96. The second kappa shape index (κ2) is 16.5. The maximum Gasteiger partial charge on any atom is 0.160 e. The number of benzene rings is 4. The summed E-state index contributed by atoms with van der Waals surface area (Å²) in [6.45, 7) is 1.53. The van der Waals surface area contributed by atoms with E-state index in [4.69, 9.17) is 14.2 Å². The molecule has 0 aromatic heterocycles. The molecule has 0 fully saturated rings. The van der Waals surface area contributed by atoms with E-state index in [2.05, 4.69) is 97.1 Å². The molecule has 0 atom stereocenters. The average Bonchev–Trinajstić information content (AvgIpc) is 2.99. The Kier molecular flexibility index (Phi) is 13.0. The third-order valence-electron chi connectivity index (χ3n) is 7.11. The van der Waals surface area contributed by atoms with Crippen molar-refractivity contribution in [3.8, 4) is 11.5 Å². The number of unbranched alkanes of at least 4 members (excludes halogenated alkanes) is 3. The minimum atomic E-state index is -1.72. The Morgan fingerprint density at radius 2 is 1.05 bits per heavy atom. The summed E-state index contributed by atoms with van der Waals surface area (Å²) in [6, 6.07) is 39.6. The van der Waals surface area contributed by atoms with E-state index < -0.39 is 7.26 Å². The van der Waals surface area contributed by atoms with Crippen molar-refractivity contribution < 1.29 is 31.2 Å². The van der Waals surface area contributed by atoms with E-state index in [-0.39, 0.29) is 17.0 Å². The Morgan fingerprint density at radius 1 is 0.538 bits per heavy atom. The highest BCUT2D eigenvalue weighted by atomic mass is 79.9. The number of hydrogen-bond acceptors (Lipinski definition) is 3. The summed E-state index contributed by atoms with van der Waals surface area (Å²) in [5.41, 5.74) is 1.20. The minimum Gasteiger partial charge on any atom is -1.00 e. The molecule has 39 heavy (non-hydrogen) atoms. The topological polar surface area (TPSA) is 27.7 Å². The zero-order valence-electron chi connectivity index (χ0n) is 23.1. The van der Waals surface area contributed by atoms with Gasteiger partial charge in [-0.15, -0.1) is 0 Å². The fourth-order valence-corrected chi connectivity index (χ4v) is 9.53. The van der Waals surface area contributed by atoms with E-state index in [1.54, 1.807) is 14.2 Å². The minimum absolute atomic E-state index is 0. The third-order valence-corrected chi connectivity index (χ3v) is 11.6. The normalized spacial score (nSPS) is 11.0. The molecule has 4 aromatic rings. The zero-order chi connectivity index (χ0) is 26.5. The van der Waals surface area contributed by atoms with Gasteiger partial charge in [-0.05, 0) is 79.8 Å². The van der Waals surface area contributed by atoms with Crippen molar-refractivity contribution >= 4 is 23.2 Å². The molecule has 0 spiro atoms. The van der Waals surface area contributed by atoms with Gasteiger partial charge in [0.2, 0.25) is 0 Å². The van der Waals surface area contributed by atoms with Crippen molar-refractivity contribution in [1.82, 2.24) is 0 Å². The summed E-state index contributed by atoms with van der Waals surface area (Å²) in [6.07, 6.45) is 6.77. The van der Waals surface area contributed by atoms with Crippen molar-refractivity contribution in [3.63, 3.8) is 0 Å². The van der Waals surface area contributed by atoms with Crippen molar-refractivity contribution in [2.75, 3.05) is 33.6 Å². The van der Waals surface area contributed by atoms with E-state index in [0.717, 1.165) is 37.6 Å². The van der Waals surface area contributed by atoms with E-state index in [0.29, 0.717) is 0 Å². The first-order valence-corrected chi connectivity index (χ1v) is 15.6. The molecule has 206 valence electrons. The largest absolute Gasteiger partial charge is 1.00 e. The van der Waals surface area contributed by atoms with Crippen LogP contribution in [-0.4, -0.2) is 33.6 Å². The standard InChI is InChI=1S/C34H40O3P.BrH/c1-35-33-23-22-29(28-34(33)36-2)24-26-37-25-14-3-4-15-27-38(30-16-8-5-9-17-30,31-18-10-6-11-19-31)32-20-12-7-13-21-32;/h5-13,16-23,28H,3-4,14-15,24-27H2,1-2H3;1H/q+1;/p-1. The molecule has 4 rings (SSSR count). The highest BCUT2D eigenvalue weighted by Crippen LogP contribution is 2.56. The zero-order valence-corrected chi connectivity index (χ0v) is 25.6. The quantitative estimate of drug-likeness (QED) is 0.152. The third kappa shape index (κ3) is 8.18. The van der Waals surface area contributed by atoms with E-state index in [1.165, 1.54) is 46.9 Å². The maximum absolute atomic E-state index is 5.96. The predicted octanol–water partition coefficient (Wildman–Crippen LogP) is 3.82. The lowest BCUT2D eigenvalue weighted by Crippen LogP contribution is -3.00. The van der Waals surface area contributed by atoms with Gasteiger partial charge in [-0.25, -0.2) is 0 Å². The second-order valence-electron chi connectivity index (χ2n) is 9.51. The molecule has 3 nitrogen and oxygen atoms in total. The first-order valence-electron chi connectivity index (χ1n) is 13.6. The lowest BCUT2D eigenvalue weighted by molar-refractivity contribution is -0.00000890. The Hall–Kier alpha value is -2.65. The number of ether oxygens (including phenoxy) is 3. The average molecular weight is 608 g/mol. The molecule has 0 radical (unpaired) electrons. The fraction of sp³-hybridized carbons (Fsp3) is 0.294. The molecular formula is C34H40BrO3P. The van der Waals surface area contributed by atoms with Crippen molar-refractivity contribution in [1.29, 1.82) is 0 Å². The van der Waals surface area contributed by atoms with Crippen molar-refractivity contribution in [3.05, 3.63) is 115 Å². The second-order valence-corrected chi connectivity index (χ2v) is 13.1. The van der Waals surface area contributed by atoms with Gasteiger partial charge < -0.3 is 31.2 Å². The number of methoxy groups -OCH3 is 2. The Labute approximate surface area is 245 Å². The van der Waals surface area contributed by atoms with Crippen LogP contribution in [0, 0.1) is 0 Å². The molecule has 0 saturated carbocycles. The smallest absolute Gasteiger partial charge is 0.160 e. The first-order chi connectivity index (χ1) is 18.8. The van der Waals surface area contributed by atoms with Gasteiger partial charge in [0.15, 0.2) is 11.5 Å². The van der Waals surface area contributed by atoms with E-state index in [9.17, 15) is 0 Å². The van der Waals surface area contributed by atoms with Gasteiger partial charge in [0.1, 0.15) is 23.2 Å². The summed E-state index contributed by atoms with van der Waals surface area (Å²) in [5.74, 6) is 1.53. The lowest BCUT2D eigenvalue weighted by Gasteiger charge is -2.27. The van der Waals surface area contributed by atoms with Crippen LogP contribution < -0.4 is 42.4 Å². The highest BCUT2D eigenvalue weighted by Gasteiger charge is 2.44. The van der Waals surface area contributed by atoms with Crippen LogP contribution in [-0.2, 0) is 11.2 Å². The molecule has 0 heterocycles. The Morgan fingerprint density at radius 3 is 1.56 bits per heavy atom. The van der Waals surface area contributed by atoms with Crippen LogP contribution in [0.4, 0.5) is 0 Å². The van der Waals surface area contributed by atoms with E-state index in [1.807, 2.05) is 12.1 Å². The fourth-order valence-electron chi connectivity index (χ4n) is 5.12. The first kappa shape index (κ1) is 30.9. The Balaban J connectivity index is 0.00000420. The van der Waals surface area contributed by atoms with Crippen LogP contribution in [0.5, 0.6) is 11.5 Å². The van der Waals surface area contributed by atoms with E-state index >= 15 is 0 Å². The number of hydrogen-bond donors (Lipinski definition) is 0. The Bertz CT molecular complexity index is 1120. The van der Waals surface area contributed by atoms with Gasteiger partial charge in [-0.2, -0.15) is 0 Å². The number of halogens is 1. The summed E-state index contributed by atoms with van der Waals surface area (Å²) < 4.78 is 16.7. The summed E-state index contributed by atoms with van der Waals surface area (Å²) in [5, 5.41) is 4.41. The molecule has 0 N–H and O–H groups in total. The van der Waals surface area contributed by atoms with Gasteiger partial charge in [0.05, 0.1) is 27.0 Å². The molecular weight excluding hydrogens is 567 g/mol. The van der Waals surface area contributed by atoms with Gasteiger partial charge in [0.25, 0.3) is 0 Å². The summed E-state index contributed by atoms with van der Waals surface area (Å²) in [4.78, 5) is 0. The molecule has 4 aromatic carbocycles. The summed E-state index contributed by atoms with van der Waals surface area (Å²) in [7, 11) is 1.61. The van der Waals surface area contributed by atoms with Crippen LogP contribution in [0.1, 0.15) is 31.2 Å². The van der Waals surface area contributed by atoms with Gasteiger partial charge >= 0.3 is 0 Å². The molecule has 5 heteroatoms. The SMILES string of the molecule is COc1ccc(CCOCCCCCC[P+](c2ccccc2)(c2ccccc2)c2ccccc2)cc1OC.[Br-]. The van der Waals surface area contributed by atoms with Gasteiger partial charge in [0, 0.05) is 6.61 Å². The number of rotatable bonds is 15. The monoisotopic (exact) mass is 606 g/mol.